The van der Waals surface area contributed by atoms with Crippen LogP contribution >= 0.6 is 0 Å². The Kier molecular flexibility index (Phi) is 14.5. The van der Waals surface area contributed by atoms with Crippen molar-refractivity contribution >= 4 is 0 Å². The Balaban J connectivity index is 2.02. The van der Waals surface area contributed by atoms with Gasteiger partial charge < -0.3 is 24.8 Å². The highest BCUT2D eigenvalue weighted by Gasteiger charge is 2.38. The Hall–Kier alpha value is -0.200. The molecule has 5 heteroatoms. The molecule has 3 unspecified atom stereocenters. The molecule has 0 aromatic rings. The Morgan fingerprint density at radius 1 is 0.700 bits per heavy atom. The van der Waals surface area contributed by atoms with Gasteiger partial charge in [-0.1, -0.05) is 92.4 Å². The fourth-order valence-corrected chi connectivity index (χ4v) is 4.25. The summed E-state index contributed by atoms with van der Waals surface area (Å²) in [4.78, 5) is 0. The Bertz CT molecular complexity index is 416. The fourth-order valence-electron chi connectivity index (χ4n) is 4.25. The van der Waals surface area contributed by atoms with Gasteiger partial charge in [-0.2, -0.15) is 0 Å². The monoisotopic (exact) mass is 430 g/mol. The smallest absolute Gasteiger partial charge is 0.186 e. The average Bonchev–Trinajstić information content (AvgIpc) is 2.67. The van der Waals surface area contributed by atoms with Gasteiger partial charge in [-0.15, -0.1) is 0 Å². The van der Waals surface area contributed by atoms with E-state index in [4.69, 9.17) is 9.47 Å². The minimum Gasteiger partial charge on any atom is -0.388 e. The van der Waals surface area contributed by atoms with Gasteiger partial charge in [0.15, 0.2) is 6.29 Å². The second-order valence-corrected chi connectivity index (χ2v) is 10.4. The standard InChI is InChI=1S/C25H50O5/c1-18(2)9-6-10-19(3)11-7-12-20(4)13-8-14-21(5)15-16-29-25-24(28)23(27)22(26)17-30-25/h18-28H,6-17H2,1-5H3/t19-,20-,21?,22?,23-,24-,25?/m0/s1. The van der Waals surface area contributed by atoms with Crippen LogP contribution in [0, 0.1) is 23.7 Å². The minimum absolute atomic E-state index is 0.00689. The van der Waals surface area contributed by atoms with E-state index in [-0.39, 0.29) is 6.61 Å². The van der Waals surface area contributed by atoms with E-state index in [9.17, 15) is 15.3 Å². The molecule has 0 aromatic carbocycles. The van der Waals surface area contributed by atoms with E-state index in [0.29, 0.717) is 12.5 Å². The second kappa shape index (κ2) is 15.6. The predicted octanol–water partition coefficient (Wildman–Crippen LogP) is 4.91. The van der Waals surface area contributed by atoms with Crippen molar-refractivity contribution in [3.8, 4) is 0 Å². The van der Waals surface area contributed by atoms with Crippen LogP contribution in [-0.4, -0.2) is 53.1 Å². The lowest BCUT2D eigenvalue weighted by atomic mass is 9.91. The molecule has 1 saturated heterocycles. The maximum Gasteiger partial charge on any atom is 0.186 e. The molecule has 0 aromatic heterocycles. The van der Waals surface area contributed by atoms with Crippen LogP contribution in [0.25, 0.3) is 0 Å². The van der Waals surface area contributed by atoms with Crippen LogP contribution in [0.3, 0.4) is 0 Å². The largest absolute Gasteiger partial charge is 0.388 e. The summed E-state index contributed by atoms with van der Waals surface area (Å²) in [5, 5.41) is 29.0. The lowest BCUT2D eigenvalue weighted by Crippen LogP contribution is -2.53. The van der Waals surface area contributed by atoms with Gasteiger partial charge in [-0.3, -0.25) is 0 Å². The molecule has 3 N–H and O–H groups in total. The maximum absolute atomic E-state index is 9.88. The molecule has 5 nitrogen and oxygen atoms in total. The first-order valence-corrected chi connectivity index (χ1v) is 12.5. The summed E-state index contributed by atoms with van der Waals surface area (Å²) in [5.74, 6) is 3.07. The summed E-state index contributed by atoms with van der Waals surface area (Å²) in [6.07, 6.45) is 8.56. The normalized spacial score (nSPS) is 27.9. The molecule has 1 aliphatic rings. The van der Waals surface area contributed by atoms with Gasteiger partial charge in [-0.25, -0.2) is 0 Å². The van der Waals surface area contributed by atoms with Gasteiger partial charge in [0.1, 0.15) is 18.3 Å². The van der Waals surface area contributed by atoms with Gasteiger partial charge >= 0.3 is 0 Å². The number of hydrogen-bond donors (Lipinski definition) is 3. The molecule has 0 aliphatic carbocycles. The van der Waals surface area contributed by atoms with Crippen molar-refractivity contribution in [3.63, 3.8) is 0 Å². The van der Waals surface area contributed by atoms with Crippen LogP contribution in [0.5, 0.6) is 0 Å². The molecule has 0 amide bonds. The van der Waals surface area contributed by atoms with Crippen molar-refractivity contribution in [2.75, 3.05) is 13.2 Å². The Morgan fingerprint density at radius 3 is 1.67 bits per heavy atom. The van der Waals surface area contributed by atoms with Crippen LogP contribution in [0.2, 0.25) is 0 Å². The molecule has 1 fully saturated rings. The van der Waals surface area contributed by atoms with Crippen molar-refractivity contribution in [2.45, 2.75) is 123 Å². The van der Waals surface area contributed by atoms with E-state index < -0.39 is 24.6 Å². The zero-order valence-corrected chi connectivity index (χ0v) is 20.3. The summed E-state index contributed by atoms with van der Waals surface area (Å²) in [5.41, 5.74) is 0. The molecule has 180 valence electrons. The summed E-state index contributed by atoms with van der Waals surface area (Å²) < 4.78 is 10.9. The number of aliphatic hydroxyl groups excluding tert-OH is 3. The van der Waals surface area contributed by atoms with Crippen LogP contribution in [-0.2, 0) is 9.47 Å². The zero-order valence-electron chi connectivity index (χ0n) is 20.3. The second-order valence-electron chi connectivity index (χ2n) is 10.4. The van der Waals surface area contributed by atoms with Gasteiger partial charge in [0.2, 0.25) is 0 Å². The highest BCUT2D eigenvalue weighted by atomic mass is 16.7. The lowest BCUT2D eigenvalue weighted by Gasteiger charge is -2.35. The lowest BCUT2D eigenvalue weighted by molar-refractivity contribution is -0.270. The molecule has 0 saturated carbocycles. The fraction of sp³-hybridized carbons (Fsp3) is 1.00. The van der Waals surface area contributed by atoms with E-state index >= 15 is 0 Å². The van der Waals surface area contributed by atoms with Gasteiger partial charge in [0.05, 0.1) is 13.2 Å². The van der Waals surface area contributed by atoms with Crippen LogP contribution in [0.15, 0.2) is 0 Å². The summed E-state index contributed by atoms with van der Waals surface area (Å²) in [6.45, 7) is 12.2. The van der Waals surface area contributed by atoms with Crippen molar-refractivity contribution in [1.82, 2.24) is 0 Å². The summed E-state index contributed by atoms with van der Waals surface area (Å²) in [6, 6.07) is 0. The van der Waals surface area contributed by atoms with E-state index in [2.05, 4.69) is 34.6 Å². The van der Waals surface area contributed by atoms with Crippen molar-refractivity contribution in [3.05, 3.63) is 0 Å². The first kappa shape index (κ1) is 27.8. The van der Waals surface area contributed by atoms with Crippen LogP contribution in [0.1, 0.15) is 98.8 Å². The molecule has 0 spiro atoms. The Labute approximate surface area is 185 Å². The predicted molar refractivity (Wildman–Crippen MR) is 122 cm³/mol. The van der Waals surface area contributed by atoms with Crippen LogP contribution in [0.4, 0.5) is 0 Å². The van der Waals surface area contributed by atoms with E-state index in [1.807, 2.05) is 0 Å². The van der Waals surface area contributed by atoms with Crippen molar-refractivity contribution < 1.29 is 24.8 Å². The molecular weight excluding hydrogens is 380 g/mol. The number of rotatable bonds is 16. The van der Waals surface area contributed by atoms with Crippen LogP contribution < -0.4 is 0 Å². The summed E-state index contributed by atoms with van der Waals surface area (Å²) >= 11 is 0. The molecule has 7 atom stereocenters. The van der Waals surface area contributed by atoms with E-state index in [1.54, 1.807) is 0 Å². The third kappa shape index (κ3) is 12.0. The Morgan fingerprint density at radius 2 is 1.17 bits per heavy atom. The minimum atomic E-state index is -1.20. The highest BCUT2D eigenvalue weighted by Crippen LogP contribution is 2.23. The topological polar surface area (TPSA) is 79.2 Å². The first-order chi connectivity index (χ1) is 14.2. The third-order valence-corrected chi connectivity index (χ3v) is 6.61. The van der Waals surface area contributed by atoms with Gasteiger partial charge in [-0.05, 0) is 30.1 Å². The maximum atomic E-state index is 9.88. The molecule has 1 heterocycles. The van der Waals surface area contributed by atoms with Gasteiger partial charge in [0, 0.05) is 0 Å². The van der Waals surface area contributed by atoms with E-state index in [1.165, 1.54) is 57.8 Å². The number of ether oxygens (including phenoxy) is 2. The first-order valence-electron chi connectivity index (χ1n) is 12.5. The van der Waals surface area contributed by atoms with Gasteiger partial charge in [0.25, 0.3) is 0 Å². The third-order valence-electron chi connectivity index (χ3n) is 6.61. The molecule has 1 rings (SSSR count). The zero-order chi connectivity index (χ0) is 22.5. The molecule has 1 aliphatic heterocycles. The van der Waals surface area contributed by atoms with Crippen molar-refractivity contribution in [2.24, 2.45) is 23.7 Å². The summed E-state index contributed by atoms with van der Waals surface area (Å²) in [7, 11) is 0. The SMILES string of the molecule is CC(C)CCC[C@H](C)CCC[C@H](C)CCCC(C)CCOC1OCC(O)[C@H](O)[C@@H]1O. The van der Waals surface area contributed by atoms with Crippen molar-refractivity contribution in [1.29, 1.82) is 0 Å². The number of aliphatic hydroxyl groups is 3. The molecule has 0 bridgehead atoms. The number of hydrogen-bond acceptors (Lipinski definition) is 5. The quantitative estimate of drug-likeness (QED) is 0.324. The molecular formula is C25H50O5. The molecule has 30 heavy (non-hydrogen) atoms. The van der Waals surface area contributed by atoms with E-state index in [0.717, 1.165) is 24.2 Å². The highest BCUT2D eigenvalue weighted by molar-refractivity contribution is 4.82. The molecule has 0 radical (unpaired) electrons. The average molecular weight is 431 g/mol.